The lowest BCUT2D eigenvalue weighted by atomic mass is 10.5. The number of hydrogen-bond donors (Lipinski definition) is 0. The van der Waals surface area contributed by atoms with Crippen LogP contribution < -0.4 is 0 Å². The standard InChI is InChI=1S/C3H3BrO/c1-3(5)2-4/h1H,2H2. The van der Waals surface area contributed by atoms with Crippen LogP contribution in [0.2, 0.25) is 0 Å². The molecule has 0 N–H and O–H groups in total. The first kappa shape index (κ1) is 5.15. The molecule has 0 amide bonds. The normalized spacial score (nSPS) is 7.60. The molecule has 0 saturated heterocycles. The van der Waals surface area contributed by atoms with Crippen LogP contribution in [0.5, 0.6) is 0 Å². The molecule has 0 heterocycles. The van der Waals surface area contributed by atoms with E-state index in [1.54, 1.807) is 0 Å². The van der Waals surface area contributed by atoms with Crippen LogP contribution in [0.15, 0.2) is 0 Å². The number of carbonyl (C=O) groups is 1. The topological polar surface area (TPSA) is 17.1 Å². The number of carbonyl (C=O) groups excluding carboxylic acids is 1. The Balaban J connectivity index is 2.85. The van der Waals surface area contributed by atoms with Crippen LogP contribution >= 0.6 is 15.9 Å². The molecule has 0 aromatic heterocycles. The predicted octanol–water partition coefficient (Wildman–Crippen LogP) is 0.661. The van der Waals surface area contributed by atoms with Gasteiger partial charge in [0, 0.05) is 6.92 Å². The molecular weight excluding hydrogens is 132 g/mol. The lowest BCUT2D eigenvalue weighted by molar-refractivity contribution is -0.112. The summed E-state index contributed by atoms with van der Waals surface area (Å²) in [5, 5.41) is 0.257. The molecule has 2 heteroatoms. The number of ketones is 1. The maximum absolute atomic E-state index is 9.54. The molecule has 0 rings (SSSR count). The molecule has 0 aromatic carbocycles. The maximum Gasteiger partial charge on any atom is 0.147 e. The van der Waals surface area contributed by atoms with Crippen LogP contribution in [0, 0.1) is 6.92 Å². The van der Waals surface area contributed by atoms with Crippen molar-refractivity contribution in [3.8, 4) is 0 Å². The monoisotopic (exact) mass is 134 g/mol. The van der Waals surface area contributed by atoms with Gasteiger partial charge in [0.1, 0.15) is 5.78 Å². The zero-order valence-corrected chi connectivity index (χ0v) is 4.16. The van der Waals surface area contributed by atoms with Crippen LogP contribution in [0.1, 0.15) is 0 Å². The quantitative estimate of drug-likeness (QED) is 0.482. The van der Waals surface area contributed by atoms with Crippen LogP contribution in [0.4, 0.5) is 0 Å². The summed E-state index contributed by atoms with van der Waals surface area (Å²) in [5.74, 6) is -0.329. The zero-order valence-electron chi connectivity index (χ0n) is 2.57. The van der Waals surface area contributed by atoms with Gasteiger partial charge in [-0.1, -0.05) is 15.9 Å². The van der Waals surface area contributed by atoms with Crippen LogP contribution in [-0.4, -0.2) is 11.1 Å². The largest absolute Gasteiger partial charge is 0.298 e. The highest BCUT2D eigenvalue weighted by molar-refractivity contribution is 9.09. The molecule has 5 heavy (non-hydrogen) atoms. The molecule has 0 saturated carbocycles. The highest BCUT2D eigenvalue weighted by Gasteiger charge is 1.79. The highest BCUT2D eigenvalue weighted by atomic mass is 79.9. The molecule has 0 bridgehead atoms. The summed E-state index contributed by atoms with van der Waals surface area (Å²) < 4.78 is 0. The van der Waals surface area contributed by atoms with Gasteiger partial charge in [0.05, 0.1) is 5.33 Å². The SMILES string of the molecule is [CH]C(=O)CBr. The first-order chi connectivity index (χ1) is 2.27. The van der Waals surface area contributed by atoms with Crippen molar-refractivity contribution in [1.29, 1.82) is 0 Å². The number of alkyl halides is 1. The third kappa shape index (κ3) is 4.15. The van der Waals surface area contributed by atoms with Crippen molar-refractivity contribution in [2.75, 3.05) is 5.33 Å². The summed E-state index contributed by atoms with van der Waals surface area (Å²) in [6, 6.07) is 0. The second-order valence-corrected chi connectivity index (χ2v) is 1.16. The van der Waals surface area contributed by atoms with E-state index >= 15 is 0 Å². The van der Waals surface area contributed by atoms with E-state index in [0.29, 0.717) is 0 Å². The third-order valence-electron chi connectivity index (χ3n) is 0.132. The minimum absolute atomic E-state index is 0.257. The molecule has 0 atom stereocenters. The fraction of sp³-hybridized carbons (Fsp3) is 0.333. The van der Waals surface area contributed by atoms with E-state index in [4.69, 9.17) is 0 Å². The molecular formula is C3H3BrO. The Morgan fingerprint density at radius 1 is 2.00 bits per heavy atom. The van der Waals surface area contributed by atoms with Crippen LogP contribution in [0.3, 0.4) is 0 Å². The van der Waals surface area contributed by atoms with Crippen molar-refractivity contribution < 1.29 is 4.79 Å². The van der Waals surface area contributed by atoms with Gasteiger partial charge in [-0.2, -0.15) is 0 Å². The third-order valence-corrected chi connectivity index (χ3v) is 0.684. The molecule has 0 aromatic rings. The fourth-order valence-corrected chi connectivity index (χ4v) is 0. The smallest absolute Gasteiger partial charge is 0.147 e. The predicted molar refractivity (Wildman–Crippen MR) is 23.1 cm³/mol. The Kier molecular flexibility index (Phi) is 2.46. The van der Waals surface area contributed by atoms with Gasteiger partial charge in [0.2, 0.25) is 0 Å². The van der Waals surface area contributed by atoms with Crippen molar-refractivity contribution in [3.63, 3.8) is 0 Å². The Bertz CT molecular complexity index is 42.2. The van der Waals surface area contributed by atoms with E-state index < -0.39 is 0 Å². The Morgan fingerprint density at radius 3 is 2.20 bits per heavy atom. The van der Waals surface area contributed by atoms with Gasteiger partial charge in [-0.15, -0.1) is 0 Å². The van der Waals surface area contributed by atoms with Gasteiger partial charge < -0.3 is 0 Å². The van der Waals surface area contributed by atoms with Gasteiger partial charge >= 0.3 is 0 Å². The Labute approximate surface area is 39.5 Å². The lowest BCUT2D eigenvalue weighted by Gasteiger charge is -1.68. The first-order valence-corrected chi connectivity index (χ1v) is 2.24. The molecule has 0 fully saturated rings. The Hall–Kier alpha value is 0.150. The van der Waals surface area contributed by atoms with Gasteiger partial charge in [-0.05, 0) is 0 Å². The van der Waals surface area contributed by atoms with E-state index in [-0.39, 0.29) is 11.1 Å². The summed E-state index contributed by atoms with van der Waals surface area (Å²) in [6.07, 6.45) is 0. The van der Waals surface area contributed by atoms with E-state index in [9.17, 15) is 4.79 Å². The van der Waals surface area contributed by atoms with Gasteiger partial charge in [-0.3, -0.25) is 4.79 Å². The molecule has 28 valence electrons. The number of halogens is 1. The number of rotatable bonds is 1. The van der Waals surface area contributed by atoms with Crippen molar-refractivity contribution in [3.05, 3.63) is 6.92 Å². The van der Waals surface area contributed by atoms with Crippen LogP contribution in [-0.2, 0) is 4.79 Å². The van der Waals surface area contributed by atoms with Gasteiger partial charge in [-0.25, -0.2) is 0 Å². The van der Waals surface area contributed by atoms with E-state index in [1.165, 1.54) is 0 Å². The Morgan fingerprint density at radius 2 is 2.20 bits per heavy atom. The molecule has 0 spiro atoms. The summed E-state index contributed by atoms with van der Waals surface area (Å²) in [5.41, 5.74) is 0. The molecule has 0 aliphatic heterocycles. The summed E-state index contributed by atoms with van der Waals surface area (Å²) in [4.78, 5) is 9.54. The van der Waals surface area contributed by atoms with Gasteiger partial charge in [0.15, 0.2) is 0 Å². The lowest BCUT2D eigenvalue weighted by Crippen LogP contribution is -1.86. The van der Waals surface area contributed by atoms with Gasteiger partial charge in [0.25, 0.3) is 0 Å². The summed E-state index contributed by atoms with van der Waals surface area (Å²) in [6.45, 7) is 4.61. The average molecular weight is 135 g/mol. The first-order valence-electron chi connectivity index (χ1n) is 1.11. The van der Waals surface area contributed by atoms with E-state index in [0.717, 1.165) is 0 Å². The van der Waals surface area contributed by atoms with Crippen molar-refractivity contribution in [1.82, 2.24) is 0 Å². The number of hydrogen-bond acceptors (Lipinski definition) is 1. The second-order valence-electron chi connectivity index (χ2n) is 0.600. The van der Waals surface area contributed by atoms with E-state index in [2.05, 4.69) is 22.9 Å². The molecule has 0 aliphatic carbocycles. The highest BCUT2D eigenvalue weighted by Crippen LogP contribution is 1.75. The zero-order chi connectivity index (χ0) is 4.28. The molecule has 1 nitrogen and oxygen atoms in total. The number of Topliss-reactive ketones (excluding diaryl/α,β-unsaturated/α-hetero) is 1. The molecule has 0 unspecified atom stereocenters. The second kappa shape index (κ2) is 2.39. The van der Waals surface area contributed by atoms with Crippen molar-refractivity contribution in [2.45, 2.75) is 0 Å². The minimum atomic E-state index is -0.329. The average Bonchev–Trinajstić information content (AvgIpc) is 1.38. The summed E-state index contributed by atoms with van der Waals surface area (Å²) >= 11 is 2.84. The van der Waals surface area contributed by atoms with Crippen molar-refractivity contribution >= 4 is 21.7 Å². The van der Waals surface area contributed by atoms with Crippen LogP contribution in [0.25, 0.3) is 0 Å². The fourth-order valence-electron chi connectivity index (χ4n) is 0. The molecule has 0 aliphatic rings. The van der Waals surface area contributed by atoms with Crippen molar-refractivity contribution in [2.24, 2.45) is 0 Å². The maximum atomic E-state index is 9.54. The minimum Gasteiger partial charge on any atom is -0.298 e. The molecule has 2 radical (unpaired) electrons. The van der Waals surface area contributed by atoms with E-state index in [1.807, 2.05) is 0 Å². The summed E-state index contributed by atoms with van der Waals surface area (Å²) in [7, 11) is 0.